The monoisotopic (exact) mass is 457 g/mol. The molecule has 136 valence electrons. The van der Waals surface area contributed by atoms with E-state index in [2.05, 4.69) is 27.8 Å². The maximum Gasteiger partial charge on any atom is 0.191 e. The molecule has 0 atom stereocenters. The molecular weight excluding hydrogens is 432 g/mol. The van der Waals surface area contributed by atoms with Gasteiger partial charge in [-0.15, -0.1) is 24.0 Å². The molecule has 0 radical (unpaired) electrons. The van der Waals surface area contributed by atoms with Crippen molar-refractivity contribution in [1.29, 1.82) is 0 Å². The fourth-order valence-electron chi connectivity index (χ4n) is 2.30. The van der Waals surface area contributed by atoms with Crippen molar-refractivity contribution in [1.82, 2.24) is 10.6 Å². The van der Waals surface area contributed by atoms with Crippen LogP contribution in [0.3, 0.4) is 0 Å². The molecule has 6 heteroatoms. The van der Waals surface area contributed by atoms with Crippen LogP contribution in [-0.4, -0.2) is 24.2 Å². The number of aryl methyl sites for hydroxylation is 1. The van der Waals surface area contributed by atoms with Gasteiger partial charge in [0.05, 0.1) is 6.54 Å². The normalized spacial score (nSPS) is 10.9. The van der Waals surface area contributed by atoms with E-state index in [1.165, 1.54) is 17.7 Å². The van der Waals surface area contributed by atoms with E-state index in [4.69, 9.17) is 0 Å². The van der Waals surface area contributed by atoms with Gasteiger partial charge in [-0.3, -0.25) is 0 Å². The molecule has 0 amide bonds. The van der Waals surface area contributed by atoms with Crippen LogP contribution in [0.25, 0.3) is 0 Å². The van der Waals surface area contributed by atoms with Crippen molar-refractivity contribution in [2.45, 2.75) is 26.3 Å². The molecule has 0 aromatic heterocycles. The van der Waals surface area contributed by atoms with Crippen molar-refractivity contribution >= 4 is 29.9 Å². The summed E-state index contributed by atoms with van der Waals surface area (Å²) in [4.78, 5) is 4.45. The Kier molecular flexibility index (Phi) is 9.91. The van der Waals surface area contributed by atoms with E-state index in [1.807, 2.05) is 25.1 Å². The van der Waals surface area contributed by atoms with Gasteiger partial charge in [-0.2, -0.15) is 0 Å². The Balaban J connectivity index is 0.00000312. The average molecular weight is 457 g/mol. The summed E-state index contributed by atoms with van der Waals surface area (Å²) in [5.41, 5.74) is 2.03. The highest BCUT2D eigenvalue weighted by Gasteiger charge is 2.02. The van der Waals surface area contributed by atoms with Crippen LogP contribution in [0.1, 0.15) is 24.5 Å². The second-order valence-electron chi connectivity index (χ2n) is 5.50. The van der Waals surface area contributed by atoms with Gasteiger partial charge in [-0.05, 0) is 43.0 Å². The second kappa shape index (κ2) is 11.7. The highest BCUT2D eigenvalue weighted by molar-refractivity contribution is 14.0. The van der Waals surface area contributed by atoms with Crippen molar-refractivity contribution < 1.29 is 9.50 Å². The number of nitrogens with one attached hydrogen (secondary N) is 2. The fraction of sp³-hybridized carbons (Fsp3) is 0.316. The van der Waals surface area contributed by atoms with Gasteiger partial charge in [-0.1, -0.05) is 36.4 Å². The van der Waals surface area contributed by atoms with E-state index < -0.39 is 5.82 Å². The zero-order chi connectivity index (χ0) is 17.2. The summed E-state index contributed by atoms with van der Waals surface area (Å²) in [5.74, 6) is -0.253. The van der Waals surface area contributed by atoms with Gasteiger partial charge in [0.25, 0.3) is 0 Å². The number of phenolic OH excluding ortho intramolecular Hbond substituents is 1. The summed E-state index contributed by atoms with van der Waals surface area (Å²) in [6.07, 6.45) is 2.01. The molecule has 2 rings (SSSR count). The Bertz CT molecular complexity index is 665. The van der Waals surface area contributed by atoms with Crippen LogP contribution in [0.15, 0.2) is 53.5 Å². The van der Waals surface area contributed by atoms with Crippen LogP contribution < -0.4 is 10.6 Å². The molecule has 0 aliphatic carbocycles. The van der Waals surface area contributed by atoms with E-state index >= 15 is 0 Å². The predicted octanol–water partition coefficient (Wildman–Crippen LogP) is 3.84. The number of phenols is 1. The van der Waals surface area contributed by atoms with Gasteiger partial charge in [0.15, 0.2) is 17.5 Å². The minimum atomic E-state index is -0.622. The van der Waals surface area contributed by atoms with E-state index in [0.717, 1.165) is 25.9 Å². The van der Waals surface area contributed by atoms with E-state index in [9.17, 15) is 9.50 Å². The highest BCUT2D eigenvalue weighted by atomic mass is 127. The number of hydrogen-bond acceptors (Lipinski definition) is 2. The molecule has 0 saturated heterocycles. The third kappa shape index (κ3) is 7.72. The molecule has 0 unspecified atom stereocenters. The van der Waals surface area contributed by atoms with Crippen LogP contribution in [0, 0.1) is 5.82 Å². The van der Waals surface area contributed by atoms with Crippen molar-refractivity contribution in [3.05, 3.63) is 65.5 Å². The Hall–Kier alpha value is -1.83. The first-order valence-corrected chi connectivity index (χ1v) is 8.22. The number of benzene rings is 2. The van der Waals surface area contributed by atoms with Gasteiger partial charge in [0.2, 0.25) is 0 Å². The Morgan fingerprint density at radius 3 is 2.52 bits per heavy atom. The summed E-state index contributed by atoms with van der Waals surface area (Å²) in [6.45, 7) is 3.92. The van der Waals surface area contributed by atoms with E-state index in [1.54, 1.807) is 6.07 Å². The van der Waals surface area contributed by atoms with Gasteiger partial charge in [-0.25, -0.2) is 9.38 Å². The lowest BCUT2D eigenvalue weighted by Gasteiger charge is -2.11. The first-order valence-electron chi connectivity index (χ1n) is 8.22. The molecule has 3 N–H and O–H groups in total. The van der Waals surface area contributed by atoms with E-state index in [0.29, 0.717) is 18.1 Å². The number of nitrogens with zero attached hydrogens (tertiary/aromatic N) is 1. The largest absolute Gasteiger partial charge is 0.505 e. The molecule has 0 heterocycles. The quantitative estimate of drug-likeness (QED) is 0.256. The molecule has 0 saturated carbocycles. The first kappa shape index (κ1) is 21.2. The number of aromatic hydroxyl groups is 1. The Morgan fingerprint density at radius 1 is 1.08 bits per heavy atom. The number of hydrogen-bond donors (Lipinski definition) is 3. The Labute approximate surface area is 165 Å². The average Bonchev–Trinajstić information content (AvgIpc) is 2.60. The number of guanidine groups is 1. The molecule has 0 aliphatic heterocycles. The minimum absolute atomic E-state index is 0. The third-order valence-corrected chi connectivity index (χ3v) is 3.55. The Morgan fingerprint density at radius 2 is 1.84 bits per heavy atom. The molecule has 0 fully saturated rings. The van der Waals surface area contributed by atoms with Crippen LogP contribution in [0.4, 0.5) is 4.39 Å². The molecule has 0 bridgehead atoms. The summed E-state index contributed by atoms with van der Waals surface area (Å²) < 4.78 is 13.3. The molecule has 25 heavy (non-hydrogen) atoms. The predicted molar refractivity (Wildman–Crippen MR) is 111 cm³/mol. The standard InChI is InChI=1S/C19H24FN3O.HI/c1-2-21-19(22-12-6-9-15-7-4-3-5-8-15)23-14-16-10-11-18(24)17(20)13-16;/h3-5,7-8,10-11,13,24H,2,6,9,12,14H2,1H3,(H2,21,22,23);1H. The van der Waals surface area contributed by atoms with Crippen LogP contribution in [0.2, 0.25) is 0 Å². The summed E-state index contributed by atoms with van der Waals surface area (Å²) >= 11 is 0. The van der Waals surface area contributed by atoms with E-state index in [-0.39, 0.29) is 29.7 Å². The van der Waals surface area contributed by atoms with Gasteiger partial charge in [0, 0.05) is 13.1 Å². The second-order valence-corrected chi connectivity index (χ2v) is 5.50. The van der Waals surface area contributed by atoms with Crippen LogP contribution >= 0.6 is 24.0 Å². The fourth-order valence-corrected chi connectivity index (χ4v) is 2.30. The van der Waals surface area contributed by atoms with Crippen molar-refractivity contribution in [2.24, 2.45) is 4.99 Å². The summed E-state index contributed by atoms with van der Waals surface area (Å²) in [6, 6.07) is 14.7. The molecule has 4 nitrogen and oxygen atoms in total. The molecule has 0 spiro atoms. The van der Waals surface area contributed by atoms with Crippen molar-refractivity contribution in [3.63, 3.8) is 0 Å². The summed E-state index contributed by atoms with van der Waals surface area (Å²) in [7, 11) is 0. The van der Waals surface area contributed by atoms with Crippen LogP contribution in [-0.2, 0) is 13.0 Å². The van der Waals surface area contributed by atoms with Gasteiger partial charge >= 0.3 is 0 Å². The smallest absolute Gasteiger partial charge is 0.191 e. The van der Waals surface area contributed by atoms with Crippen molar-refractivity contribution in [3.8, 4) is 5.75 Å². The number of rotatable bonds is 7. The van der Waals surface area contributed by atoms with Gasteiger partial charge < -0.3 is 15.7 Å². The minimum Gasteiger partial charge on any atom is -0.505 e. The van der Waals surface area contributed by atoms with Gasteiger partial charge in [0.1, 0.15) is 0 Å². The maximum atomic E-state index is 13.3. The van der Waals surface area contributed by atoms with Crippen molar-refractivity contribution in [2.75, 3.05) is 13.1 Å². The number of aliphatic imine (C=N–C) groups is 1. The lowest BCUT2D eigenvalue weighted by atomic mass is 10.1. The molecular formula is C19H25FIN3O. The van der Waals surface area contributed by atoms with Crippen LogP contribution in [0.5, 0.6) is 5.75 Å². The maximum absolute atomic E-state index is 13.3. The molecule has 2 aromatic rings. The zero-order valence-electron chi connectivity index (χ0n) is 14.3. The first-order chi connectivity index (χ1) is 11.7. The topological polar surface area (TPSA) is 56.7 Å². The molecule has 2 aromatic carbocycles. The lowest BCUT2D eigenvalue weighted by Crippen LogP contribution is -2.37. The third-order valence-electron chi connectivity index (χ3n) is 3.55. The number of halogens is 2. The SMILES string of the molecule is CCNC(=NCc1ccc(O)c(F)c1)NCCCc1ccccc1.I. The lowest BCUT2D eigenvalue weighted by molar-refractivity contribution is 0.432. The molecule has 0 aliphatic rings. The zero-order valence-corrected chi connectivity index (χ0v) is 16.7. The summed E-state index contributed by atoms with van der Waals surface area (Å²) in [5, 5.41) is 15.7. The highest BCUT2D eigenvalue weighted by Crippen LogP contribution is 2.16.